The molecule has 0 spiro atoms. The number of carbonyl (C=O) groups is 6. The Kier molecular flexibility index (Phi) is 7.73. The number of carboxylic acid groups (broad SMARTS) is 2. The monoisotopic (exact) mass is 303 g/mol. The molecule has 2 heterocycles. The van der Waals surface area contributed by atoms with E-state index in [-0.39, 0.29) is 23.6 Å². The Morgan fingerprint density at radius 1 is 0.714 bits per heavy atom. The number of hydrogen-bond acceptors (Lipinski definition) is 6. The fourth-order valence-electron chi connectivity index (χ4n) is 1.11. The molecule has 0 aromatic carbocycles. The highest BCUT2D eigenvalue weighted by Gasteiger charge is 2.16. The number of hydrogen-bond donors (Lipinski definition) is 5. The van der Waals surface area contributed by atoms with Crippen LogP contribution in [0.1, 0.15) is 25.7 Å². The number of carbonyl (C=O) groups excluding carboxylic acids is 4. The molecule has 2 saturated heterocycles. The summed E-state index contributed by atoms with van der Waals surface area (Å²) >= 11 is 0. The topological polar surface area (TPSA) is 179 Å². The lowest BCUT2D eigenvalue weighted by Gasteiger charge is -1.85. The quantitative estimate of drug-likeness (QED) is 0.345. The van der Waals surface area contributed by atoms with Crippen LogP contribution in [-0.2, 0) is 19.2 Å². The molecule has 116 valence electrons. The van der Waals surface area contributed by atoms with Crippen LogP contribution in [0.25, 0.3) is 0 Å². The zero-order valence-electron chi connectivity index (χ0n) is 10.7. The van der Waals surface area contributed by atoms with Gasteiger partial charge in [0.2, 0.25) is 23.6 Å². The standard InChI is InChI=1S/2C4H5NO2.C2H3NO4/c2*6-3-1-2-4(7)5-3;4-1(5)3-2(6)7/h2*1-2H2,(H,5,6,7);3H,(H,4,5)(H,6,7). The Morgan fingerprint density at radius 2 is 0.952 bits per heavy atom. The Labute approximate surface area is 117 Å². The van der Waals surface area contributed by atoms with E-state index in [0.717, 1.165) is 5.32 Å². The summed E-state index contributed by atoms with van der Waals surface area (Å²) in [6, 6.07) is 0. The van der Waals surface area contributed by atoms with E-state index >= 15 is 0 Å². The summed E-state index contributed by atoms with van der Waals surface area (Å²) in [5, 5.41) is 20.6. The molecule has 2 aliphatic rings. The summed E-state index contributed by atoms with van der Waals surface area (Å²) in [6.45, 7) is 0. The van der Waals surface area contributed by atoms with E-state index in [0.29, 0.717) is 25.7 Å². The Bertz CT molecular complexity index is 403. The van der Waals surface area contributed by atoms with Gasteiger partial charge in [0.15, 0.2) is 0 Å². The maximum Gasteiger partial charge on any atom is 0.414 e. The average Bonchev–Trinajstić information content (AvgIpc) is 2.87. The smallest absolute Gasteiger partial charge is 0.414 e. The second kappa shape index (κ2) is 9.01. The van der Waals surface area contributed by atoms with E-state index in [1.54, 1.807) is 0 Å². The largest absolute Gasteiger partial charge is 0.465 e. The second-order valence-corrected chi connectivity index (χ2v) is 3.68. The summed E-state index contributed by atoms with van der Waals surface area (Å²) < 4.78 is 0. The normalized spacial score (nSPS) is 15.8. The summed E-state index contributed by atoms with van der Waals surface area (Å²) in [5.74, 6) is -0.593. The minimum absolute atomic E-state index is 0.148. The highest BCUT2D eigenvalue weighted by Crippen LogP contribution is 1.96. The highest BCUT2D eigenvalue weighted by molar-refractivity contribution is 6.02. The molecule has 5 N–H and O–H groups in total. The number of amides is 6. The van der Waals surface area contributed by atoms with Crippen molar-refractivity contribution in [1.29, 1.82) is 0 Å². The summed E-state index contributed by atoms with van der Waals surface area (Å²) in [7, 11) is 0. The zero-order chi connectivity index (χ0) is 16.4. The van der Waals surface area contributed by atoms with Crippen LogP contribution in [0, 0.1) is 0 Å². The van der Waals surface area contributed by atoms with Gasteiger partial charge in [0, 0.05) is 25.7 Å². The van der Waals surface area contributed by atoms with Crippen LogP contribution in [0.4, 0.5) is 9.59 Å². The van der Waals surface area contributed by atoms with Crippen LogP contribution >= 0.6 is 0 Å². The van der Waals surface area contributed by atoms with Crippen molar-refractivity contribution in [3.63, 3.8) is 0 Å². The van der Waals surface area contributed by atoms with Gasteiger partial charge in [0.1, 0.15) is 0 Å². The molecule has 2 fully saturated rings. The van der Waals surface area contributed by atoms with Gasteiger partial charge in [-0.25, -0.2) is 14.9 Å². The van der Waals surface area contributed by atoms with Gasteiger partial charge in [-0.1, -0.05) is 0 Å². The Balaban J connectivity index is 0.000000286. The van der Waals surface area contributed by atoms with Gasteiger partial charge in [0.25, 0.3) is 0 Å². The van der Waals surface area contributed by atoms with Crippen LogP contribution < -0.4 is 16.0 Å². The van der Waals surface area contributed by atoms with E-state index in [9.17, 15) is 28.8 Å². The number of nitrogens with one attached hydrogen (secondary N) is 3. The third kappa shape index (κ3) is 10.6. The minimum atomic E-state index is -1.56. The Morgan fingerprint density at radius 3 is 1.00 bits per heavy atom. The third-order valence-corrected chi connectivity index (χ3v) is 1.93. The first-order chi connectivity index (χ1) is 9.70. The van der Waals surface area contributed by atoms with Gasteiger partial charge in [-0.15, -0.1) is 0 Å². The third-order valence-electron chi connectivity index (χ3n) is 1.93. The van der Waals surface area contributed by atoms with E-state index in [2.05, 4.69) is 10.6 Å². The molecule has 0 radical (unpaired) electrons. The molecule has 11 nitrogen and oxygen atoms in total. The van der Waals surface area contributed by atoms with Crippen LogP contribution in [0.5, 0.6) is 0 Å². The van der Waals surface area contributed by atoms with Crippen LogP contribution in [0.15, 0.2) is 0 Å². The molecular weight excluding hydrogens is 290 g/mol. The second-order valence-electron chi connectivity index (χ2n) is 3.68. The van der Waals surface area contributed by atoms with Crippen molar-refractivity contribution in [1.82, 2.24) is 16.0 Å². The lowest BCUT2D eigenvalue weighted by molar-refractivity contribution is -0.126. The maximum atomic E-state index is 10.1. The van der Waals surface area contributed by atoms with Crippen molar-refractivity contribution in [2.45, 2.75) is 25.7 Å². The fraction of sp³-hybridized carbons (Fsp3) is 0.400. The van der Waals surface area contributed by atoms with Gasteiger partial charge in [0.05, 0.1) is 0 Å². The first-order valence-electron chi connectivity index (χ1n) is 5.59. The number of rotatable bonds is 0. The van der Waals surface area contributed by atoms with Crippen molar-refractivity contribution in [3.05, 3.63) is 0 Å². The first-order valence-corrected chi connectivity index (χ1v) is 5.59. The van der Waals surface area contributed by atoms with E-state index in [1.807, 2.05) is 0 Å². The molecule has 0 bridgehead atoms. The predicted molar refractivity (Wildman–Crippen MR) is 64.0 cm³/mol. The fourth-order valence-corrected chi connectivity index (χ4v) is 1.11. The maximum absolute atomic E-state index is 10.1. The lowest BCUT2D eigenvalue weighted by Crippen LogP contribution is -2.26. The van der Waals surface area contributed by atoms with Crippen molar-refractivity contribution < 1.29 is 39.0 Å². The Hall–Kier alpha value is -2.98. The van der Waals surface area contributed by atoms with E-state index in [4.69, 9.17) is 10.2 Å². The molecule has 21 heavy (non-hydrogen) atoms. The van der Waals surface area contributed by atoms with Crippen molar-refractivity contribution >= 4 is 35.8 Å². The van der Waals surface area contributed by atoms with Crippen LogP contribution in [-0.4, -0.2) is 46.0 Å². The van der Waals surface area contributed by atoms with E-state index in [1.165, 1.54) is 0 Å². The molecule has 0 saturated carbocycles. The lowest BCUT2D eigenvalue weighted by atomic mass is 10.4. The number of imide groups is 3. The van der Waals surface area contributed by atoms with Gasteiger partial charge in [-0.3, -0.25) is 29.8 Å². The first kappa shape index (κ1) is 18.0. The van der Waals surface area contributed by atoms with Gasteiger partial charge in [-0.2, -0.15) is 0 Å². The van der Waals surface area contributed by atoms with Crippen molar-refractivity contribution in [2.24, 2.45) is 0 Å². The molecule has 0 aliphatic carbocycles. The van der Waals surface area contributed by atoms with Gasteiger partial charge >= 0.3 is 12.2 Å². The molecular formula is C10H13N3O8. The van der Waals surface area contributed by atoms with Gasteiger partial charge < -0.3 is 10.2 Å². The summed E-state index contributed by atoms with van der Waals surface area (Å²) in [5.41, 5.74) is 0. The zero-order valence-corrected chi connectivity index (χ0v) is 10.7. The van der Waals surface area contributed by atoms with E-state index < -0.39 is 12.2 Å². The molecule has 11 heteroatoms. The molecule has 0 atom stereocenters. The van der Waals surface area contributed by atoms with Crippen LogP contribution in [0.2, 0.25) is 0 Å². The molecule has 2 rings (SSSR count). The SMILES string of the molecule is O=C(O)NC(=O)O.O=C1CCC(=O)N1.O=C1CCC(=O)N1. The van der Waals surface area contributed by atoms with Crippen molar-refractivity contribution in [3.8, 4) is 0 Å². The molecule has 6 amide bonds. The molecule has 0 unspecified atom stereocenters. The van der Waals surface area contributed by atoms with Gasteiger partial charge in [-0.05, 0) is 0 Å². The molecule has 0 aromatic heterocycles. The summed E-state index contributed by atoms with van der Waals surface area (Å²) in [6.07, 6.45) is -1.63. The average molecular weight is 303 g/mol. The highest BCUT2D eigenvalue weighted by atomic mass is 16.4. The predicted octanol–water partition coefficient (Wildman–Crippen LogP) is -1.22. The molecule has 0 aromatic rings. The minimum Gasteiger partial charge on any atom is -0.465 e. The molecule has 2 aliphatic heterocycles. The summed E-state index contributed by atoms with van der Waals surface area (Å²) in [4.78, 5) is 59.1. The van der Waals surface area contributed by atoms with Crippen molar-refractivity contribution in [2.75, 3.05) is 0 Å². The van der Waals surface area contributed by atoms with Crippen LogP contribution in [0.3, 0.4) is 0 Å².